The molecule has 1 fully saturated rings. The lowest BCUT2D eigenvalue weighted by atomic mass is 9.99. The summed E-state index contributed by atoms with van der Waals surface area (Å²) in [6, 6.07) is 0. The minimum absolute atomic E-state index is 0.119. The summed E-state index contributed by atoms with van der Waals surface area (Å²) in [5.74, 6) is -0.369. The zero-order valence-electron chi connectivity index (χ0n) is 45.5. The van der Waals surface area contributed by atoms with E-state index in [1.54, 1.807) is 0 Å². The monoisotopic (exact) mass is 997 g/mol. The second-order valence-electron chi connectivity index (χ2n) is 19.7. The van der Waals surface area contributed by atoms with Crippen molar-refractivity contribution in [2.24, 2.45) is 0 Å². The molecule has 0 aromatic carbocycles. The summed E-state index contributed by atoms with van der Waals surface area (Å²) in [7, 11) is 0. The third-order valence-corrected chi connectivity index (χ3v) is 13.1. The van der Waals surface area contributed by atoms with Crippen LogP contribution in [0.3, 0.4) is 0 Å². The molecule has 6 unspecified atom stereocenters. The number of carbonyl (C=O) groups excluding carboxylic acids is 1. The summed E-state index contributed by atoms with van der Waals surface area (Å²) in [5.41, 5.74) is 0. The molecule has 0 amide bonds. The molecule has 0 aromatic rings. The molecule has 1 heterocycles. The van der Waals surface area contributed by atoms with E-state index in [0.717, 1.165) is 64.2 Å². The molecule has 9 heteroatoms. The van der Waals surface area contributed by atoms with Crippen LogP contribution < -0.4 is 0 Å². The fraction of sp³-hybridized carbons (Fsp3) is 0.758. The standard InChI is InChI=1S/C62H108O9/c1-3-5-7-9-11-13-15-17-19-21-23-25-27-28-30-32-34-36-38-40-42-44-46-48-50-52-68-54-56(55-69-62-61(67)60(66)59(65)57(53-63)71-62)70-58(64)51-49-47-45-43-41-39-37-35-33-31-29-26-24-22-20-18-16-14-12-10-8-6-4-2/h6,8,12,14,18,20,24,26,31,33,37,39,43,45,56-57,59-63,65-67H,3-5,7,9-11,13,15-17,19,21-23,25,27-30,32,34-36,38,40-42,44,46-55H2,1-2H3/b8-6-,14-12-,20-18-,26-24-,33-31-,39-37-,45-43-. The van der Waals surface area contributed by atoms with Crippen molar-refractivity contribution in [3.05, 3.63) is 85.1 Å². The third-order valence-electron chi connectivity index (χ3n) is 13.1. The molecule has 410 valence electrons. The third kappa shape index (κ3) is 42.4. The lowest BCUT2D eigenvalue weighted by molar-refractivity contribution is -0.305. The fourth-order valence-corrected chi connectivity index (χ4v) is 8.60. The molecule has 0 radical (unpaired) electrons. The maximum Gasteiger partial charge on any atom is 0.306 e. The van der Waals surface area contributed by atoms with Gasteiger partial charge < -0.3 is 39.4 Å². The van der Waals surface area contributed by atoms with E-state index in [0.29, 0.717) is 13.0 Å². The van der Waals surface area contributed by atoms with Gasteiger partial charge in [0, 0.05) is 13.0 Å². The molecule has 4 N–H and O–H groups in total. The Morgan fingerprint density at radius 1 is 0.465 bits per heavy atom. The number of rotatable bonds is 50. The first-order chi connectivity index (χ1) is 34.9. The molecule has 1 rings (SSSR count). The van der Waals surface area contributed by atoms with Gasteiger partial charge in [0.15, 0.2) is 6.29 Å². The van der Waals surface area contributed by atoms with Crippen LogP contribution >= 0.6 is 0 Å². The maximum absolute atomic E-state index is 12.9. The van der Waals surface area contributed by atoms with Gasteiger partial charge in [-0.3, -0.25) is 4.79 Å². The van der Waals surface area contributed by atoms with Gasteiger partial charge in [0.2, 0.25) is 0 Å². The van der Waals surface area contributed by atoms with Crippen molar-refractivity contribution >= 4 is 5.97 Å². The Morgan fingerprint density at radius 2 is 0.845 bits per heavy atom. The summed E-state index contributed by atoms with van der Waals surface area (Å²) >= 11 is 0. The van der Waals surface area contributed by atoms with Crippen LogP contribution in [0.5, 0.6) is 0 Å². The highest BCUT2D eigenvalue weighted by Crippen LogP contribution is 2.23. The number of hydrogen-bond donors (Lipinski definition) is 4. The van der Waals surface area contributed by atoms with E-state index in [4.69, 9.17) is 18.9 Å². The van der Waals surface area contributed by atoms with E-state index in [2.05, 4.69) is 98.9 Å². The predicted molar refractivity (Wildman–Crippen MR) is 297 cm³/mol. The number of hydrogen-bond acceptors (Lipinski definition) is 9. The minimum atomic E-state index is -1.55. The maximum atomic E-state index is 12.9. The Morgan fingerprint density at radius 3 is 1.24 bits per heavy atom. The van der Waals surface area contributed by atoms with Crippen LogP contribution in [-0.4, -0.2) is 89.6 Å². The number of esters is 1. The van der Waals surface area contributed by atoms with E-state index in [1.807, 2.05) is 0 Å². The molecule has 9 nitrogen and oxygen atoms in total. The second kappa shape index (κ2) is 52.2. The molecule has 71 heavy (non-hydrogen) atoms. The molecule has 0 aliphatic carbocycles. The lowest BCUT2D eigenvalue weighted by Gasteiger charge is -2.39. The topological polar surface area (TPSA) is 135 Å². The van der Waals surface area contributed by atoms with Crippen LogP contribution in [0, 0.1) is 0 Å². The molecule has 0 saturated carbocycles. The molecule has 1 aliphatic heterocycles. The number of ether oxygens (including phenoxy) is 4. The smallest absolute Gasteiger partial charge is 0.306 e. The van der Waals surface area contributed by atoms with Gasteiger partial charge in [-0.1, -0.05) is 253 Å². The average molecular weight is 998 g/mol. The van der Waals surface area contributed by atoms with E-state index in [-0.39, 0.29) is 25.6 Å². The first kappa shape index (κ1) is 66.4. The van der Waals surface area contributed by atoms with Crippen LogP contribution in [0.4, 0.5) is 0 Å². The van der Waals surface area contributed by atoms with Crippen molar-refractivity contribution in [3.63, 3.8) is 0 Å². The van der Waals surface area contributed by atoms with Gasteiger partial charge in [-0.05, 0) is 64.2 Å². The molecular formula is C62H108O9. The van der Waals surface area contributed by atoms with Crippen molar-refractivity contribution in [2.75, 3.05) is 26.4 Å². The summed E-state index contributed by atoms with van der Waals surface area (Å²) in [6.45, 7) is 4.40. The van der Waals surface area contributed by atoms with Crippen molar-refractivity contribution in [2.45, 2.75) is 275 Å². The molecule has 1 saturated heterocycles. The summed E-state index contributed by atoms with van der Waals surface area (Å²) in [4.78, 5) is 12.9. The number of aliphatic hydroxyl groups excluding tert-OH is 4. The molecule has 6 atom stereocenters. The second-order valence-corrected chi connectivity index (χ2v) is 19.7. The lowest BCUT2D eigenvalue weighted by Crippen LogP contribution is -2.59. The van der Waals surface area contributed by atoms with E-state index < -0.39 is 43.4 Å². The van der Waals surface area contributed by atoms with Crippen molar-refractivity contribution in [1.82, 2.24) is 0 Å². The van der Waals surface area contributed by atoms with Gasteiger partial charge in [0.05, 0.1) is 19.8 Å². The van der Waals surface area contributed by atoms with Gasteiger partial charge >= 0.3 is 5.97 Å². The largest absolute Gasteiger partial charge is 0.457 e. The summed E-state index contributed by atoms with van der Waals surface area (Å²) in [5, 5.41) is 40.3. The fourth-order valence-electron chi connectivity index (χ4n) is 8.60. The van der Waals surface area contributed by atoms with Crippen LogP contribution in [0.25, 0.3) is 0 Å². The number of allylic oxidation sites excluding steroid dienone is 14. The number of carbonyl (C=O) groups is 1. The van der Waals surface area contributed by atoms with Crippen LogP contribution in [0.1, 0.15) is 239 Å². The average Bonchev–Trinajstić information content (AvgIpc) is 3.37. The van der Waals surface area contributed by atoms with E-state index >= 15 is 0 Å². The highest BCUT2D eigenvalue weighted by atomic mass is 16.7. The quantitative estimate of drug-likeness (QED) is 0.0267. The van der Waals surface area contributed by atoms with Crippen molar-refractivity contribution < 1.29 is 44.2 Å². The molecular weight excluding hydrogens is 889 g/mol. The normalized spacial score (nSPS) is 19.4. The van der Waals surface area contributed by atoms with Crippen LogP contribution in [0.15, 0.2) is 85.1 Å². The number of aliphatic hydroxyl groups is 4. The summed E-state index contributed by atoms with van der Waals surface area (Å²) < 4.78 is 22.9. The Bertz CT molecular complexity index is 1370. The molecule has 0 spiro atoms. The van der Waals surface area contributed by atoms with Gasteiger partial charge in [-0.2, -0.15) is 0 Å². The highest BCUT2D eigenvalue weighted by molar-refractivity contribution is 5.69. The Labute approximate surface area is 435 Å². The summed E-state index contributed by atoms with van der Waals surface area (Å²) in [6.07, 6.45) is 65.0. The highest BCUT2D eigenvalue weighted by Gasteiger charge is 2.44. The Balaban J connectivity index is 2.19. The van der Waals surface area contributed by atoms with Crippen molar-refractivity contribution in [1.29, 1.82) is 0 Å². The van der Waals surface area contributed by atoms with E-state index in [9.17, 15) is 25.2 Å². The first-order valence-corrected chi connectivity index (χ1v) is 29.2. The van der Waals surface area contributed by atoms with Crippen molar-refractivity contribution in [3.8, 4) is 0 Å². The van der Waals surface area contributed by atoms with Gasteiger partial charge in [-0.15, -0.1) is 0 Å². The van der Waals surface area contributed by atoms with Gasteiger partial charge in [-0.25, -0.2) is 0 Å². The zero-order chi connectivity index (χ0) is 51.3. The molecule has 1 aliphatic rings. The number of unbranched alkanes of at least 4 members (excludes halogenated alkanes) is 25. The Hall–Kier alpha value is -2.63. The van der Waals surface area contributed by atoms with Gasteiger partial charge in [0.25, 0.3) is 0 Å². The first-order valence-electron chi connectivity index (χ1n) is 29.2. The van der Waals surface area contributed by atoms with E-state index in [1.165, 1.54) is 148 Å². The molecule has 0 bridgehead atoms. The SMILES string of the molecule is CC/C=C\C/C=C\C/C=C\C/C=C\C/C=C\C/C=C\C/C=C\CCCC(=O)OC(COCCCCCCCCCCCCCCCCCCCCCCCCCCC)COC1OC(CO)C(O)C(O)C1O. The van der Waals surface area contributed by atoms with Gasteiger partial charge in [0.1, 0.15) is 30.5 Å². The van der Waals surface area contributed by atoms with Crippen LogP contribution in [-0.2, 0) is 23.7 Å². The zero-order valence-corrected chi connectivity index (χ0v) is 45.5. The molecule has 0 aromatic heterocycles. The predicted octanol–water partition coefficient (Wildman–Crippen LogP) is 15.3. The Kier molecular flexibility index (Phi) is 48.8. The minimum Gasteiger partial charge on any atom is -0.457 e. The van der Waals surface area contributed by atoms with Crippen LogP contribution in [0.2, 0.25) is 0 Å².